The summed E-state index contributed by atoms with van der Waals surface area (Å²) in [5, 5.41) is 3.25. The highest BCUT2D eigenvalue weighted by Crippen LogP contribution is 2.29. The number of thioether (sulfide) groups is 1. The Balaban J connectivity index is 1.97. The molecule has 0 radical (unpaired) electrons. The van der Waals surface area contributed by atoms with E-state index in [2.05, 4.69) is 12.2 Å². The van der Waals surface area contributed by atoms with Crippen LogP contribution in [-0.4, -0.2) is 33.9 Å². The Morgan fingerprint density at radius 1 is 1.19 bits per heavy atom. The van der Waals surface area contributed by atoms with Crippen LogP contribution in [0, 0.1) is 13.8 Å². The quantitative estimate of drug-likeness (QED) is 0.423. The summed E-state index contributed by atoms with van der Waals surface area (Å²) < 4.78 is 6.34. The van der Waals surface area contributed by atoms with Crippen LogP contribution in [0.3, 0.4) is 0 Å². The van der Waals surface area contributed by atoms with Crippen LogP contribution in [0.5, 0.6) is 0 Å². The van der Waals surface area contributed by atoms with Crippen molar-refractivity contribution in [3.63, 3.8) is 0 Å². The molecular weight excluding hydrogens is 434 g/mol. The van der Waals surface area contributed by atoms with Gasteiger partial charge in [0.1, 0.15) is 4.83 Å². The van der Waals surface area contributed by atoms with Crippen molar-refractivity contribution in [1.82, 2.24) is 14.9 Å². The number of rotatable bonds is 7. The van der Waals surface area contributed by atoms with Crippen molar-refractivity contribution in [2.45, 2.75) is 45.8 Å². The van der Waals surface area contributed by atoms with Crippen molar-refractivity contribution in [2.24, 2.45) is 0 Å². The lowest BCUT2D eigenvalue weighted by Crippen LogP contribution is -2.32. The number of nitrogens with zero attached hydrogens (tertiary/aromatic N) is 2. The molecule has 1 N–H and O–H groups in total. The third kappa shape index (κ3) is 5.34. The summed E-state index contributed by atoms with van der Waals surface area (Å²) in [5.41, 5.74) is 2.95. The van der Waals surface area contributed by atoms with Gasteiger partial charge in [0.05, 0.1) is 24.3 Å². The van der Waals surface area contributed by atoms with Crippen LogP contribution in [0.1, 0.15) is 35.4 Å². The van der Waals surface area contributed by atoms with Crippen LogP contribution in [0.25, 0.3) is 10.2 Å². The highest BCUT2D eigenvalue weighted by molar-refractivity contribution is 7.99. The van der Waals surface area contributed by atoms with E-state index in [-0.39, 0.29) is 17.9 Å². The van der Waals surface area contributed by atoms with E-state index in [0.29, 0.717) is 21.9 Å². The number of benzene rings is 1. The molecule has 0 unspecified atom stereocenters. The molecule has 0 aliphatic rings. The van der Waals surface area contributed by atoms with Crippen molar-refractivity contribution >= 4 is 45.3 Å². The maximum Gasteiger partial charge on any atom is 0.413 e. The van der Waals surface area contributed by atoms with Crippen molar-refractivity contribution in [3.8, 4) is 0 Å². The fraction of sp³-hybridized carbons (Fsp3) is 0.364. The molecule has 31 heavy (non-hydrogen) atoms. The van der Waals surface area contributed by atoms with Crippen LogP contribution in [0.2, 0.25) is 0 Å². The van der Waals surface area contributed by atoms with Gasteiger partial charge in [0.25, 0.3) is 5.56 Å². The van der Waals surface area contributed by atoms with E-state index in [4.69, 9.17) is 9.72 Å². The number of hydrogen-bond donors (Lipinski definition) is 1. The normalized spacial score (nSPS) is 11.0. The zero-order valence-electron chi connectivity index (χ0n) is 18.0. The first-order valence-corrected chi connectivity index (χ1v) is 11.8. The molecule has 3 aromatic rings. The molecule has 0 bridgehead atoms. The SMILES string of the molecule is CCOC(=O)NC(=O)CSc1nc2sc(CC)c(C)c2c(=O)n1Cc1ccc(C)cc1. The molecule has 7 nitrogen and oxygen atoms in total. The molecule has 0 saturated heterocycles. The molecule has 3 rings (SSSR count). The first-order valence-electron chi connectivity index (χ1n) is 10.0. The second kappa shape index (κ2) is 10.1. The number of thiophene rings is 1. The molecule has 0 spiro atoms. The minimum absolute atomic E-state index is 0.0599. The third-order valence-corrected chi connectivity index (χ3v) is 7.05. The van der Waals surface area contributed by atoms with Gasteiger partial charge in [0.15, 0.2) is 5.16 Å². The summed E-state index contributed by atoms with van der Waals surface area (Å²) in [6, 6.07) is 7.95. The number of ether oxygens (including phenoxy) is 1. The van der Waals surface area contributed by atoms with Crippen LogP contribution in [0.15, 0.2) is 34.2 Å². The van der Waals surface area contributed by atoms with Gasteiger partial charge in [-0.05, 0) is 38.3 Å². The number of fused-ring (bicyclic) bond motifs is 1. The molecule has 0 saturated carbocycles. The van der Waals surface area contributed by atoms with Crippen molar-refractivity contribution in [2.75, 3.05) is 12.4 Å². The maximum atomic E-state index is 13.4. The number of alkyl carbamates (subject to hydrolysis) is 1. The summed E-state index contributed by atoms with van der Waals surface area (Å²) in [6.07, 6.45) is 0.0457. The van der Waals surface area contributed by atoms with E-state index in [1.165, 1.54) is 11.3 Å². The number of carbonyl (C=O) groups excluding carboxylic acids is 2. The average Bonchev–Trinajstić information content (AvgIpc) is 3.06. The number of nitrogens with one attached hydrogen (secondary N) is 1. The zero-order valence-corrected chi connectivity index (χ0v) is 19.6. The Hall–Kier alpha value is -2.65. The predicted molar refractivity (Wildman–Crippen MR) is 124 cm³/mol. The Bertz CT molecular complexity index is 1170. The first kappa shape index (κ1) is 23.0. The summed E-state index contributed by atoms with van der Waals surface area (Å²) >= 11 is 2.64. The molecule has 0 atom stereocenters. The van der Waals surface area contributed by atoms with Gasteiger partial charge in [-0.25, -0.2) is 9.78 Å². The van der Waals surface area contributed by atoms with Gasteiger partial charge in [-0.2, -0.15) is 0 Å². The van der Waals surface area contributed by atoms with E-state index in [1.54, 1.807) is 11.5 Å². The van der Waals surface area contributed by atoms with E-state index in [1.807, 2.05) is 38.1 Å². The highest BCUT2D eigenvalue weighted by Gasteiger charge is 2.19. The second-order valence-corrected chi connectivity index (χ2v) is 9.04. The predicted octanol–water partition coefficient (Wildman–Crippen LogP) is 4.05. The second-order valence-electron chi connectivity index (χ2n) is 7.01. The zero-order chi connectivity index (χ0) is 22.5. The van der Waals surface area contributed by atoms with E-state index in [0.717, 1.165) is 39.8 Å². The van der Waals surface area contributed by atoms with Gasteiger partial charge in [0, 0.05) is 4.88 Å². The average molecular weight is 460 g/mol. The van der Waals surface area contributed by atoms with Crippen molar-refractivity contribution in [1.29, 1.82) is 0 Å². The molecule has 1 aromatic carbocycles. The Kier molecular flexibility index (Phi) is 7.50. The van der Waals surface area contributed by atoms with Gasteiger partial charge in [-0.15, -0.1) is 11.3 Å². The molecule has 9 heteroatoms. The molecule has 2 aromatic heterocycles. The fourth-order valence-corrected chi connectivity index (χ4v) is 5.11. The molecule has 2 amide bonds. The van der Waals surface area contributed by atoms with Gasteiger partial charge in [-0.1, -0.05) is 48.5 Å². The van der Waals surface area contributed by atoms with Crippen LogP contribution < -0.4 is 10.9 Å². The monoisotopic (exact) mass is 459 g/mol. The number of hydrogen-bond acceptors (Lipinski definition) is 7. The largest absolute Gasteiger partial charge is 0.450 e. The lowest BCUT2D eigenvalue weighted by atomic mass is 10.1. The molecule has 0 aliphatic heterocycles. The Morgan fingerprint density at radius 2 is 1.90 bits per heavy atom. The summed E-state index contributed by atoms with van der Waals surface area (Å²) in [4.78, 5) is 43.5. The topological polar surface area (TPSA) is 90.3 Å². The minimum Gasteiger partial charge on any atom is -0.450 e. The van der Waals surface area contributed by atoms with Crippen LogP contribution in [-0.2, 0) is 22.5 Å². The van der Waals surface area contributed by atoms with Crippen LogP contribution >= 0.6 is 23.1 Å². The fourth-order valence-electron chi connectivity index (χ4n) is 3.15. The lowest BCUT2D eigenvalue weighted by Gasteiger charge is -2.12. The van der Waals surface area contributed by atoms with Gasteiger partial charge in [0.2, 0.25) is 5.91 Å². The van der Waals surface area contributed by atoms with Gasteiger partial charge >= 0.3 is 6.09 Å². The van der Waals surface area contributed by atoms with Gasteiger partial charge in [-0.3, -0.25) is 19.5 Å². The smallest absolute Gasteiger partial charge is 0.413 e. The first-order chi connectivity index (χ1) is 14.8. The van der Waals surface area contributed by atoms with E-state index in [9.17, 15) is 14.4 Å². The number of aryl methyl sites for hydroxylation is 3. The minimum atomic E-state index is -0.782. The maximum absolute atomic E-state index is 13.4. The molecule has 0 fully saturated rings. The summed E-state index contributed by atoms with van der Waals surface area (Å²) in [5.74, 6) is -0.563. The van der Waals surface area contributed by atoms with Crippen molar-refractivity contribution in [3.05, 3.63) is 56.2 Å². The number of amides is 2. The van der Waals surface area contributed by atoms with Gasteiger partial charge < -0.3 is 4.74 Å². The number of aromatic nitrogens is 2. The molecule has 0 aliphatic carbocycles. The third-order valence-electron chi connectivity index (χ3n) is 4.75. The Morgan fingerprint density at radius 3 is 2.55 bits per heavy atom. The highest BCUT2D eigenvalue weighted by atomic mass is 32.2. The van der Waals surface area contributed by atoms with Crippen LogP contribution in [0.4, 0.5) is 4.79 Å². The summed E-state index contributed by atoms with van der Waals surface area (Å²) in [6.45, 7) is 8.20. The van der Waals surface area contributed by atoms with Crippen molar-refractivity contribution < 1.29 is 14.3 Å². The molecule has 164 valence electrons. The molecule has 2 heterocycles. The van der Waals surface area contributed by atoms with E-state index < -0.39 is 12.0 Å². The molecular formula is C22H25N3O4S2. The summed E-state index contributed by atoms with van der Waals surface area (Å²) in [7, 11) is 0. The lowest BCUT2D eigenvalue weighted by molar-refractivity contribution is -0.117. The van der Waals surface area contributed by atoms with E-state index >= 15 is 0 Å². The number of carbonyl (C=O) groups is 2. The standard InChI is InChI=1S/C22H25N3O4S2/c1-5-16-14(4)18-19(31-16)24-21(30-12-17(26)23-22(28)29-6-2)25(20(18)27)11-15-9-7-13(3)8-10-15/h7-10H,5-6,11-12H2,1-4H3,(H,23,26,28). The number of imide groups is 1. The Labute approximate surface area is 188 Å².